The Morgan fingerprint density at radius 2 is 2.00 bits per heavy atom. The predicted octanol–water partition coefficient (Wildman–Crippen LogP) is 2.26. The van der Waals surface area contributed by atoms with E-state index < -0.39 is 0 Å². The van der Waals surface area contributed by atoms with Gasteiger partial charge in [-0.3, -0.25) is 4.68 Å². The van der Waals surface area contributed by atoms with Crippen LogP contribution < -0.4 is 0 Å². The largest absolute Gasteiger partial charge is 0.382 e. The van der Waals surface area contributed by atoms with Crippen molar-refractivity contribution in [2.75, 3.05) is 26.9 Å². The van der Waals surface area contributed by atoms with Gasteiger partial charge in [-0.05, 0) is 19.8 Å². The van der Waals surface area contributed by atoms with E-state index in [1.54, 1.807) is 7.11 Å². The van der Waals surface area contributed by atoms with Crippen molar-refractivity contribution in [3.63, 3.8) is 0 Å². The Labute approximate surface area is 130 Å². The number of halogens is 1. The first kappa shape index (κ1) is 16.3. The Kier molecular flexibility index (Phi) is 6.02. The molecule has 0 atom stereocenters. The van der Waals surface area contributed by atoms with Gasteiger partial charge in [-0.2, -0.15) is 5.10 Å². The molecule has 0 amide bonds. The van der Waals surface area contributed by atoms with Gasteiger partial charge in [-0.1, -0.05) is 0 Å². The van der Waals surface area contributed by atoms with Gasteiger partial charge in [0.15, 0.2) is 5.65 Å². The lowest BCUT2D eigenvalue weighted by molar-refractivity contribution is 0.0684. The molecule has 6 nitrogen and oxygen atoms in total. The minimum Gasteiger partial charge on any atom is -0.382 e. The van der Waals surface area contributed by atoms with Crippen LogP contribution in [0, 0.1) is 6.92 Å². The first-order valence-electron chi connectivity index (χ1n) is 7.20. The normalized spacial score (nSPS) is 11.6. The van der Waals surface area contributed by atoms with Crippen molar-refractivity contribution in [2.24, 2.45) is 7.05 Å². The molecular formula is C14H23ClN4O2. The third-order valence-electron chi connectivity index (χ3n) is 3.44. The lowest BCUT2D eigenvalue weighted by Crippen LogP contribution is -2.08. The van der Waals surface area contributed by atoms with E-state index in [9.17, 15) is 0 Å². The molecular weight excluding hydrogens is 292 g/mol. The Balaban J connectivity index is 1.94. The highest BCUT2D eigenvalue weighted by Crippen LogP contribution is 2.20. The van der Waals surface area contributed by atoms with Gasteiger partial charge in [-0.25, -0.2) is 4.98 Å². The summed E-state index contributed by atoms with van der Waals surface area (Å²) in [5.41, 5.74) is 2.94. The number of hydrogen-bond acceptors (Lipinski definition) is 4. The first-order valence-corrected chi connectivity index (χ1v) is 7.73. The van der Waals surface area contributed by atoms with E-state index in [4.69, 9.17) is 21.1 Å². The molecule has 0 aromatic carbocycles. The average molecular weight is 315 g/mol. The summed E-state index contributed by atoms with van der Waals surface area (Å²) in [6.07, 6.45) is 2.02. The molecule has 2 heterocycles. The lowest BCUT2D eigenvalue weighted by atomic mass is 10.3. The number of ether oxygens (including phenoxy) is 2. The van der Waals surface area contributed by atoms with E-state index >= 15 is 0 Å². The molecule has 2 aromatic rings. The number of imidazole rings is 1. The van der Waals surface area contributed by atoms with Gasteiger partial charge in [-0.15, -0.1) is 11.6 Å². The second kappa shape index (κ2) is 7.77. The monoisotopic (exact) mass is 314 g/mol. The molecule has 2 rings (SSSR count). The fraction of sp³-hybridized carbons (Fsp3) is 0.714. The lowest BCUT2D eigenvalue weighted by Gasteiger charge is -2.08. The van der Waals surface area contributed by atoms with Gasteiger partial charge in [0.1, 0.15) is 11.3 Å². The zero-order valence-corrected chi connectivity index (χ0v) is 13.7. The SMILES string of the molecule is COCCOCCCCn1c(CCl)nc2c(C)nn(C)c21. The minimum absolute atomic E-state index is 0.415. The second-order valence-corrected chi connectivity index (χ2v) is 5.27. The quantitative estimate of drug-likeness (QED) is 0.526. The number of hydrogen-bond donors (Lipinski definition) is 0. The van der Waals surface area contributed by atoms with Crippen LogP contribution in [0.1, 0.15) is 24.4 Å². The molecule has 0 aliphatic carbocycles. The second-order valence-electron chi connectivity index (χ2n) is 5.01. The number of fused-ring (bicyclic) bond motifs is 1. The molecule has 7 heteroatoms. The molecule has 0 radical (unpaired) electrons. The Morgan fingerprint density at radius 3 is 2.71 bits per heavy atom. The van der Waals surface area contributed by atoms with Crippen molar-refractivity contribution in [1.82, 2.24) is 19.3 Å². The fourth-order valence-corrected chi connectivity index (χ4v) is 2.64. The summed E-state index contributed by atoms with van der Waals surface area (Å²) in [5.74, 6) is 1.32. The molecule has 0 bridgehead atoms. The zero-order valence-electron chi connectivity index (χ0n) is 12.9. The Hall–Kier alpha value is -1.11. The summed E-state index contributed by atoms with van der Waals surface area (Å²) in [6.45, 7) is 4.90. The van der Waals surface area contributed by atoms with Gasteiger partial charge in [0.2, 0.25) is 0 Å². The van der Waals surface area contributed by atoms with E-state index in [0.717, 1.165) is 48.7 Å². The van der Waals surface area contributed by atoms with Gasteiger partial charge in [0.25, 0.3) is 0 Å². The van der Waals surface area contributed by atoms with Gasteiger partial charge in [0, 0.05) is 27.3 Å². The number of alkyl halides is 1. The van der Waals surface area contributed by atoms with E-state index in [1.165, 1.54) is 0 Å². The molecule has 0 spiro atoms. The average Bonchev–Trinajstić information content (AvgIpc) is 2.97. The zero-order chi connectivity index (χ0) is 15.2. The molecule has 0 unspecified atom stereocenters. The number of methoxy groups -OCH3 is 1. The molecule has 118 valence electrons. The fourth-order valence-electron chi connectivity index (χ4n) is 2.44. The highest BCUT2D eigenvalue weighted by molar-refractivity contribution is 6.16. The van der Waals surface area contributed by atoms with Crippen LogP contribution in [0.25, 0.3) is 11.2 Å². The summed E-state index contributed by atoms with van der Waals surface area (Å²) in [6, 6.07) is 0. The highest BCUT2D eigenvalue weighted by atomic mass is 35.5. The molecule has 0 aliphatic heterocycles. The molecule has 0 saturated carbocycles. The minimum atomic E-state index is 0.415. The van der Waals surface area contributed by atoms with Crippen molar-refractivity contribution >= 4 is 22.8 Å². The van der Waals surface area contributed by atoms with Crippen LogP contribution in [0.4, 0.5) is 0 Å². The molecule has 0 N–H and O–H groups in total. The maximum Gasteiger partial charge on any atom is 0.158 e. The topological polar surface area (TPSA) is 54.1 Å². The molecule has 0 aliphatic rings. The van der Waals surface area contributed by atoms with Crippen LogP contribution >= 0.6 is 11.6 Å². The number of rotatable bonds is 9. The molecule has 2 aromatic heterocycles. The molecule has 0 fully saturated rings. The van der Waals surface area contributed by atoms with Gasteiger partial charge >= 0.3 is 0 Å². The Bertz CT molecular complexity index is 579. The third kappa shape index (κ3) is 3.75. The summed E-state index contributed by atoms with van der Waals surface area (Å²) < 4.78 is 14.5. The van der Waals surface area contributed by atoms with Crippen molar-refractivity contribution < 1.29 is 9.47 Å². The van der Waals surface area contributed by atoms with Crippen LogP contribution in [-0.2, 0) is 28.9 Å². The van der Waals surface area contributed by atoms with Crippen molar-refractivity contribution in [3.05, 3.63) is 11.5 Å². The standard InChI is InChI=1S/C14H23ClN4O2/c1-11-13-14(18(2)17-11)19(12(10-15)16-13)6-4-5-7-21-9-8-20-3/h4-10H2,1-3H3. The molecule has 0 saturated heterocycles. The summed E-state index contributed by atoms with van der Waals surface area (Å²) >= 11 is 6.01. The number of aryl methyl sites for hydroxylation is 3. The van der Waals surface area contributed by atoms with Crippen LogP contribution in [0.15, 0.2) is 0 Å². The maximum atomic E-state index is 6.01. The maximum absolute atomic E-state index is 6.01. The van der Waals surface area contributed by atoms with Crippen LogP contribution in [0.3, 0.4) is 0 Å². The molecule has 21 heavy (non-hydrogen) atoms. The smallest absolute Gasteiger partial charge is 0.158 e. The summed E-state index contributed by atoms with van der Waals surface area (Å²) in [7, 11) is 3.62. The van der Waals surface area contributed by atoms with E-state index in [-0.39, 0.29) is 0 Å². The summed E-state index contributed by atoms with van der Waals surface area (Å²) in [4.78, 5) is 4.59. The highest BCUT2D eigenvalue weighted by Gasteiger charge is 2.16. The first-order chi connectivity index (χ1) is 10.2. The van der Waals surface area contributed by atoms with Crippen molar-refractivity contribution in [2.45, 2.75) is 32.2 Å². The van der Waals surface area contributed by atoms with Crippen LogP contribution in [0.2, 0.25) is 0 Å². The van der Waals surface area contributed by atoms with E-state index in [0.29, 0.717) is 19.1 Å². The third-order valence-corrected chi connectivity index (χ3v) is 3.68. The van der Waals surface area contributed by atoms with Crippen LogP contribution in [0.5, 0.6) is 0 Å². The van der Waals surface area contributed by atoms with E-state index in [2.05, 4.69) is 14.6 Å². The van der Waals surface area contributed by atoms with Crippen molar-refractivity contribution in [3.8, 4) is 0 Å². The summed E-state index contributed by atoms with van der Waals surface area (Å²) in [5, 5.41) is 4.42. The van der Waals surface area contributed by atoms with E-state index in [1.807, 2.05) is 18.7 Å². The van der Waals surface area contributed by atoms with Gasteiger partial charge < -0.3 is 14.0 Å². The number of unbranched alkanes of at least 4 members (excludes halogenated alkanes) is 1. The van der Waals surface area contributed by atoms with Gasteiger partial charge in [0.05, 0.1) is 24.8 Å². The van der Waals surface area contributed by atoms with Crippen molar-refractivity contribution in [1.29, 1.82) is 0 Å². The Morgan fingerprint density at radius 1 is 1.19 bits per heavy atom. The number of nitrogens with zero attached hydrogens (tertiary/aromatic N) is 4. The predicted molar refractivity (Wildman–Crippen MR) is 82.7 cm³/mol. The number of aromatic nitrogens is 4. The van der Waals surface area contributed by atoms with Crippen LogP contribution in [-0.4, -0.2) is 46.3 Å².